The van der Waals surface area contributed by atoms with Gasteiger partial charge >= 0.3 is 0 Å². The van der Waals surface area contributed by atoms with Crippen LogP contribution in [-0.2, 0) is 14.6 Å². The van der Waals surface area contributed by atoms with Gasteiger partial charge in [0, 0.05) is 5.92 Å². The average Bonchev–Trinajstić information content (AvgIpc) is 2.41. The van der Waals surface area contributed by atoms with Crippen molar-refractivity contribution in [2.75, 3.05) is 10.8 Å². The molecule has 0 bridgehead atoms. The lowest BCUT2D eigenvalue weighted by Gasteiger charge is -2.19. The number of amidine groups is 1. The first-order valence-corrected chi connectivity index (χ1v) is 8.34. The van der Waals surface area contributed by atoms with Crippen LogP contribution in [0.3, 0.4) is 0 Å². The maximum Gasteiger partial charge on any atom is 0.243 e. The first-order chi connectivity index (χ1) is 10.1. The van der Waals surface area contributed by atoms with Crippen molar-refractivity contribution in [3.8, 4) is 0 Å². The molecule has 0 unspecified atom stereocenters. The van der Waals surface area contributed by atoms with Crippen LogP contribution in [0.15, 0.2) is 23.4 Å². The zero-order chi connectivity index (χ0) is 17.1. The second kappa shape index (κ2) is 6.78. The summed E-state index contributed by atoms with van der Waals surface area (Å²) < 4.78 is 24.3. The highest BCUT2D eigenvalue weighted by atomic mass is 32.2. The largest absolute Gasteiger partial charge is 0.298 e. The summed E-state index contributed by atoms with van der Waals surface area (Å²) >= 11 is 0. The number of Topliss-reactive ketones (excluding diaryl/α,β-unsaturated/α-hetero) is 1. The molecule has 0 amide bonds. The minimum absolute atomic E-state index is 0.325. The molecule has 1 rings (SSSR count). The van der Waals surface area contributed by atoms with Crippen LogP contribution in [0.1, 0.15) is 25.0 Å². The molecule has 0 fully saturated rings. The van der Waals surface area contributed by atoms with Crippen LogP contribution in [0.5, 0.6) is 0 Å². The van der Waals surface area contributed by atoms with Gasteiger partial charge in [-0.1, -0.05) is 36.8 Å². The van der Waals surface area contributed by atoms with E-state index in [1.807, 2.05) is 6.92 Å². The molecular weight excluding hydrogens is 304 g/mol. The Bertz CT molecular complexity index is 711. The maximum atomic E-state index is 12.2. The molecule has 120 valence electrons. The Morgan fingerprint density at radius 2 is 1.91 bits per heavy atom. The van der Waals surface area contributed by atoms with Crippen molar-refractivity contribution < 1.29 is 13.2 Å². The molecule has 0 aliphatic carbocycles. The number of sulfone groups is 1. The van der Waals surface area contributed by atoms with E-state index < -0.39 is 32.5 Å². The summed E-state index contributed by atoms with van der Waals surface area (Å²) in [6.07, 6.45) is 0. The topological polar surface area (TPSA) is 115 Å². The number of carbonyl (C=O) groups excluding carboxylic acids is 1. The zero-order valence-corrected chi connectivity index (χ0v) is 13.9. The molecule has 0 atom stereocenters. The first kappa shape index (κ1) is 18.0. The highest BCUT2D eigenvalue weighted by Crippen LogP contribution is 2.23. The van der Waals surface area contributed by atoms with Crippen molar-refractivity contribution in [3.63, 3.8) is 0 Å². The third-order valence-corrected chi connectivity index (χ3v) is 4.57. The molecule has 0 spiro atoms. The fourth-order valence-electron chi connectivity index (χ4n) is 1.81. The third kappa shape index (κ3) is 3.97. The van der Waals surface area contributed by atoms with Crippen LogP contribution in [0.2, 0.25) is 0 Å². The van der Waals surface area contributed by atoms with E-state index in [1.54, 1.807) is 39.0 Å². The summed E-state index contributed by atoms with van der Waals surface area (Å²) in [6, 6.07) is 5.13. The molecule has 7 nitrogen and oxygen atoms in total. The molecule has 0 aliphatic heterocycles. The summed E-state index contributed by atoms with van der Waals surface area (Å²) in [4.78, 5) is 11.7. The number of benzene rings is 1. The van der Waals surface area contributed by atoms with Gasteiger partial charge in [-0.25, -0.2) is 8.42 Å². The molecule has 0 saturated carbocycles. The molecule has 22 heavy (non-hydrogen) atoms. The smallest absolute Gasteiger partial charge is 0.243 e. The van der Waals surface area contributed by atoms with Crippen molar-refractivity contribution in [3.05, 3.63) is 29.3 Å². The van der Waals surface area contributed by atoms with Gasteiger partial charge in [-0.05, 0) is 25.5 Å². The van der Waals surface area contributed by atoms with E-state index in [0.29, 0.717) is 11.3 Å². The second-order valence-electron chi connectivity index (χ2n) is 5.39. The third-order valence-electron chi connectivity index (χ3n) is 3.14. The lowest BCUT2D eigenvalue weighted by atomic mass is 10.1. The minimum atomic E-state index is -4.14. The maximum absolute atomic E-state index is 12.2. The van der Waals surface area contributed by atoms with Crippen LogP contribution in [0.4, 0.5) is 5.69 Å². The van der Waals surface area contributed by atoms with Gasteiger partial charge in [0.2, 0.25) is 15.0 Å². The number of hydrogen-bond donors (Lipinski definition) is 2. The average molecular weight is 324 g/mol. The van der Waals surface area contributed by atoms with Crippen LogP contribution in [-0.4, -0.2) is 25.1 Å². The van der Waals surface area contributed by atoms with Crippen LogP contribution < -0.4 is 5.01 Å². The Balaban J connectivity index is 3.17. The first-order valence-electron chi connectivity index (χ1n) is 6.69. The van der Waals surface area contributed by atoms with E-state index in [-0.39, 0.29) is 0 Å². The summed E-state index contributed by atoms with van der Waals surface area (Å²) in [5, 5.41) is 10.8. The van der Waals surface area contributed by atoms with Gasteiger partial charge in [-0.3, -0.25) is 10.2 Å². The van der Waals surface area contributed by atoms with Crippen LogP contribution >= 0.6 is 0 Å². The summed E-state index contributed by atoms with van der Waals surface area (Å²) in [5.74, 6) is -1.68. The number of nitrogens with one attached hydrogen (secondary N) is 2. The molecule has 0 aliphatic rings. The number of ketones is 1. The van der Waals surface area contributed by atoms with E-state index in [0.717, 1.165) is 10.6 Å². The van der Waals surface area contributed by atoms with Gasteiger partial charge in [-0.15, -0.1) is 0 Å². The quantitative estimate of drug-likeness (QED) is 0.375. The molecular formula is C14H20N4O3S. The molecule has 0 heterocycles. The lowest BCUT2D eigenvalue weighted by molar-refractivity contribution is -0.119. The van der Waals surface area contributed by atoms with Crippen molar-refractivity contribution >= 4 is 26.5 Å². The minimum Gasteiger partial charge on any atom is -0.298 e. The highest BCUT2D eigenvalue weighted by molar-refractivity contribution is 8.07. The summed E-state index contributed by atoms with van der Waals surface area (Å²) in [5.41, 5.74) is 9.17. The number of aryl methyl sites for hydroxylation is 2. The fraction of sp³-hybridized carbons (Fsp3) is 0.429. The van der Waals surface area contributed by atoms with Gasteiger partial charge in [0.15, 0.2) is 5.78 Å². The predicted molar refractivity (Wildman–Crippen MR) is 84.9 cm³/mol. The van der Waals surface area contributed by atoms with Crippen molar-refractivity contribution in [2.45, 2.75) is 27.7 Å². The van der Waals surface area contributed by atoms with Gasteiger partial charge in [0.1, 0.15) is 5.75 Å². The summed E-state index contributed by atoms with van der Waals surface area (Å²) in [7, 11) is -4.14. The van der Waals surface area contributed by atoms with E-state index in [1.165, 1.54) is 0 Å². The molecule has 2 N–H and O–H groups in total. The number of carbonyl (C=O) groups is 1. The Morgan fingerprint density at radius 3 is 2.36 bits per heavy atom. The molecule has 1 aromatic carbocycles. The zero-order valence-electron chi connectivity index (χ0n) is 13.0. The Hall–Kier alpha value is -2.09. The summed E-state index contributed by atoms with van der Waals surface area (Å²) in [6.45, 7) is 6.80. The van der Waals surface area contributed by atoms with Gasteiger partial charge in [0.05, 0.1) is 5.69 Å². The number of nitrogens with zero attached hydrogens (tertiary/aromatic N) is 2. The molecule has 8 heteroatoms. The number of anilines is 1. The lowest BCUT2D eigenvalue weighted by Crippen LogP contribution is -2.36. The Labute approximate surface area is 130 Å². The molecule has 0 saturated heterocycles. The second-order valence-corrected chi connectivity index (χ2v) is 7.29. The van der Waals surface area contributed by atoms with Crippen LogP contribution in [0.25, 0.3) is 0 Å². The van der Waals surface area contributed by atoms with Gasteiger partial charge in [0.25, 0.3) is 0 Å². The predicted octanol–water partition coefficient (Wildman–Crippen LogP) is 2.63. The molecule has 1 aromatic rings. The normalized spacial score (nSPS) is 11.3. The van der Waals surface area contributed by atoms with E-state index in [9.17, 15) is 13.2 Å². The van der Waals surface area contributed by atoms with Crippen molar-refractivity contribution in [2.24, 2.45) is 11.1 Å². The Morgan fingerprint density at radius 1 is 1.32 bits per heavy atom. The monoisotopic (exact) mass is 324 g/mol. The SMILES string of the molecule is Cc1ccc(N(N=N)C(=N)S(=O)(=O)CC(=O)C(C)C)c(C)c1. The van der Waals surface area contributed by atoms with Crippen molar-refractivity contribution in [1.29, 1.82) is 10.9 Å². The molecule has 0 aromatic heterocycles. The number of rotatable bonds is 5. The standard InChI is InChI=1S/C14H20N4O3S/c1-9(2)13(19)8-22(20,21)14(15)18(17-16)12-6-5-10(3)7-11(12)4/h5-7,9,15-16H,8H2,1-4H3. The highest BCUT2D eigenvalue weighted by Gasteiger charge is 2.30. The molecule has 0 radical (unpaired) electrons. The Kier molecular flexibility index (Phi) is 5.54. The fourth-order valence-corrected chi connectivity index (χ4v) is 3.05. The van der Waals surface area contributed by atoms with E-state index in [4.69, 9.17) is 10.9 Å². The van der Waals surface area contributed by atoms with Crippen molar-refractivity contribution in [1.82, 2.24) is 0 Å². The van der Waals surface area contributed by atoms with Gasteiger partial charge < -0.3 is 0 Å². The van der Waals surface area contributed by atoms with E-state index >= 15 is 0 Å². The van der Waals surface area contributed by atoms with Gasteiger partial charge in [-0.2, -0.15) is 10.5 Å². The number of hydrogen-bond acceptors (Lipinski definition) is 6. The van der Waals surface area contributed by atoms with E-state index in [2.05, 4.69) is 5.22 Å². The van der Waals surface area contributed by atoms with Crippen LogP contribution in [0, 0.1) is 30.7 Å².